The normalized spacial score (nSPS) is 14.4. The van der Waals surface area contributed by atoms with E-state index in [2.05, 4.69) is 22.0 Å². The van der Waals surface area contributed by atoms with Gasteiger partial charge in [-0.05, 0) is 31.2 Å². The van der Waals surface area contributed by atoms with E-state index < -0.39 is 0 Å². The number of benzene rings is 2. The molecule has 2 heterocycles. The van der Waals surface area contributed by atoms with Crippen molar-refractivity contribution in [2.45, 2.75) is 6.92 Å². The highest BCUT2D eigenvalue weighted by Crippen LogP contribution is 2.30. The largest absolute Gasteiger partial charge is 0.368 e. The Balaban J connectivity index is 1.47. The highest BCUT2D eigenvalue weighted by Gasteiger charge is 2.25. The zero-order valence-electron chi connectivity index (χ0n) is 15.1. The Hall–Kier alpha value is -2.37. The first-order valence-electron chi connectivity index (χ1n) is 8.94. The lowest BCUT2D eigenvalue weighted by Gasteiger charge is -2.36. The minimum absolute atomic E-state index is 0.0814. The molecule has 4 rings (SSSR count). The second-order valence-corrected chi connectivity index (χ2v) is 7.99. The van der Waals surface area contributed by atoms with Gasteiger partial charge in [-0.15, -0.1) is 11.3 Å². The number of hydrogen-bond acceptors (Lipinski definition) is 4. The van der Waals surface area contributed by atoms with Gasteiger partial charge in [0, 0.05) is 42.5 Å². The lowest BCUT2D eigenvalue weighted by atomic mass is 10.2. The molecule has 0 bridgehead atoms. The molecule has 0 N–H and O–H groups in total. The van der Waals surface area contributed by atoms with Crippen LogP contribution in [0.15, 0.2) is 54.6 Å². The fourth-order valence-corrected chi connectivity index (χ4v) is 4.43. The maximum atomic E-state index is 13.0. The highest BCUT2D eigenvalue weighted by molar-refractivity contribution is 7.17. The zero-order valence-corrected chi connectivity index (χ0v) is 16.6. The maximum Gasteiger partial charge on any atom is 0.265 e. The SMILES string of the molecule is Cc1nc(-c2ccc(Cl)cc2)sc1C(=O)N1CCN(c2ccccc2)CC1. The predicted octanol–water partition coefficient (Wildman–Crippen LogP) is 4.73. The third-order valence-electron chi connectivity index (χ3n) is 4.77. The Morgan fingerprint density at radius 2 is 1.67 bits per heavy atom. The van der Waals surface area contributed by atoms with E-state index in [1.807, 2.05) is 54.3 Å². The minimum Gasteiger partial charge on any atom is -0.368 e. The smallest absolute Gasteiger partial charge is 0.265 e. The van der Waals surface area contributed by atoms with Gasteiger partial charge < -0.3 is 9.80 Å². The zero-order chi connectivity index (χ0) is 18.8. The van der Waals surface area contributed by atoms with E-state index in [1.54, 1.807) is 0 Å². The Labute approximate surface area is 168 Å². The van der Waals surface area contributed by atoms with Crippen molar-refractivity contribution in [3.05, 3.63) is 70.2 Å². The molecular weight excluding hydrogens is 378 g/mol. The van der Waals surface area contributed by atoms with Crippen LogP contribution in [0.3, 0.4) is 0 Å². The molecule has 27 heavy (non-hydrogen) atoms. The minimum atomic E-state index is 0.0814. The number of piperazine rings is 1. The van der Waals surface area contributed by atoms with Crippen molar-refractivity contribution in [2.75, 3.05) is 31.1 Å². The molecule has 138 valence electrons. The quantitative estimate of drug-likeness (QED) is 0.640. The second kappa shape index (κ2) is 7.71. The van der Waals surface area contributed by atoms with Crippen LogP contribution in [-0.2, 0) is 0 Å². The van der Waals surface area contributed by atoms with E-state index in [1.165, 1.54) is 17.0 Å². The van der Waals surface area contributed by atoms with Crippen molar-refractivity contribution in [3.63, 3.8) is 0 Å². The Bertz CT molecular complexity index is 932. The van der Waals surface area contributed by atoms with Gasteiger partial charge in [0.05, 0.1) is 5.69 Å². The molecule has 3 aromatic rings. The summed E-state index contributed by atoms with van der Waals surface area (Å²) in [7, 11) is 0. The molecule has 0 unspecified atom stereocenters. The van der Waals surface area contributed by atoms with Gasteiger partial charge in [-0.2, -0.15) is 0 Å². The summed E-state index contributed by atoms with van der Waals surface area (Å²) in [5.74, 6) is 0.0814. The lowest BCUT2D eigenvalue weighted by Crippen LogP contribution is -2.48. The number of anilines is 1. The molecule has 1 saturated heterocycles. The van der Waals surface area contributed by atoms with E-state index in [4.69, 9.17) is 11.6 Å². The van der Waals surface area contributed by atoms with Gasteiger partial charge in [0.15, 0.2) is 0 Å². The molecule has 6 heteroatoms. The summed E-state index contributed by atoms with van der Waals surface area (Å²) in [6.45, 7) is 5.04. The average Bonchev–Trinajstić information content (AvgIpc) is 3.10. The standard InChI is InChI=1S/C21H20ClN3OS/c1-15-19(27-20(23-15)16-7-9-17(22)10-8-16)21(26)25-13-11-24(12-14-25)18-5-3-2-4-6-18/h2-10H,11-14H2,1H3. The molecule has 2 aromatic carbocycles. The van der Waals surface area contributed by atoms with Crippen LogP contribution in [0.1, 0.15) is 15.4 Å². The number of carbonyl (C=O) groups is 1. The van der Waals surface area contributed by atoms with Gasteiger partial charge in [0.1, 0.15) is 9.88 Å². The van der Waals surface area contributed by atoms with Gasteiger partial charge in [0.25, 0.3) is 5.91 Å². The number of rotatable bonds is 3. The fraction of sp³-hybridized carbons (Fsp3) is 0.238. The van der Waals surface area contributed by atoms with Crippen LogP contribution in [0.5, 0.6) is 0 Å². The number of carbonyl (C=O) groups excluding carboxylic acids is 1. The van der Waals surface area contributed by atoms with Gasteiger partial charge in [0.2, 0.25) is 0 Å². The van der Waals surface area contributed by atoms with Crippen LogP contribution >= 0.6 is 22.9 Å². The number of nitrogens with zero attached hydrogens (tertiary/aromatic N) is 3. The first-order chi connectivity index (χ1) is 13.1. The van der Waals surface area contributed by atoms with Crippen LogP contribution < -0.4 is 4.90 Å². The molecule has 4 nitrogen and oxygen atoms in total. The Morgan fingerprint density at radius 3 is 2.33 bits per heavy atom. The monoisotopic (exact) mass is 397 g/mol. The Morgan fingerprint density at radius 1 is 1.00 bits per heavy atom. The van der Waals surface area contributed by atoms with Gasteiger partial charge in [-0.25, -0.2) is 4.98 Å². The van der Waals surface area contributed by atoms with Crippen molar-refractivity contribution in [2.24, 2.45) is 0 Å². The highest BCUT2D eigenvalue weighted by atomic mass is 35.5. The molecule has 1 fully saturated rings. The summed E-state index contributed by atoms with van der Waals surface area (Å²) < 4.78 is 0. The van der Waals surface area contributed by atoms with Crippen molar-refractivity contribution in [1.82, 2.24) is 9.88 Å². The first kappa shape index (κ1) is 18.0. The number of hydrogen-bond donors (Lipinski definition) is 0. The lowest BCUT2D eigenvalue weighted by molar-refractivity contribution is 0.0750. The third-order valence-corrected chi connectivity index (χ3v) is 6.22. The molecule has 0 spiro atoms. The Kier molecular flexibility index (Phi) is 5.14. The summed E-state index contributed by atoms with van der Waals surface area (Å²) in [4.78, 5) is 22.6. The van der Waals surface area contributed by atoms with Crippen molar-refractivity contribution in [1.29, 1.82) is 0 Å². The van der Waals surface area contributed by atoms with E-state index in [9.17, 15) is 4.79 Å². The second-order valence-electron chi connectivity index (χ2n) is 6.56. The summed E-state index contributed by atoms with van der Waals surface area (Å²) >= 11 is 7.42. The van der Waals surface area contributed by atoms with Crippen molar-refractivity contribution >= 4 is 34.5 Å². The first-order valence-corrected chi connectivity index (χ1v) is 10.1. The van der Waals surface area contributed by atoms with Crippen LogP contribution in [0.2, 0.25) is 5.02 Å². The maximum absolute atomic E-state index is 13.0. The molecule has 0 atom stereocenters. The van der Waals surface area contributed by atoms with E-state index in [0.29, 0.717) is 5.02 Å². The molecule has 0 radical (unpaired) electrons. The number of amides is 1. The molecule has 1 amide bonds. The van der Waals surface area contributed by atoms with Crippen LogP contribution in [0, 0.1) is 6.92 Å². The van der Waals surface area contributed by atoms with E-state index in [0.717, 1.165) is 47.3 Å². The van der Waals surface area contributed by atoms with Gasteiger partial charge in [-0.3, -0.25) is 4.79 Å². The summed E-state index contributed by atoms with van der Waals surface area (Å²) in [6.07, 6.45) is 0. The topological polar surface area (TPSA) is 36.4 Å². The number of thiazole rings is 1. The summed E-state index contributed by atoms with van der Waals surface area (Å²) in [6, 6.07) is 17.9. The van der Waals surface area contributed by atoms with Crippen molar-refractivity contribution in [3.8, 4) is 10.6 Å². The average molecular weight is 398 g/mol. The third kappa shape index (κ3) is 3.84. The predicted molar refractivity (Wildman–Crippen MR) is 112 cm³/mol. The van der Waals surface area contributed by atoms with Gasteiger partial charge in [-0.1, -0.05) is 41.9 Å². The number of para-hydroxylation sites is 1. The molecular formula is C21H20ClN3OS. The van der Waals surface area contributed by atoms with E-state index >= 15 is 0 Å². The number of aryl methyl sites for hydroxylation is 1. The summed E-state index contributed by atoms with van der Waals surface area (Å²) in [5, 5.41) is 1.55. The summed E-state index contributed by atoms with van der Waals surface area (Å²) in [5.41, 5.74) is 2.99. The molecule has 1 aliphatic heterocycles. The van der Waals surface area contributed by atoms with Crippen molar-refractivity contribution < 1.29 is 4.79 Å². The van der Waals surface area contributed by atoms with Crippen LogP contribution in [-0.4, -0.2) is 42.0 Å². The molecule has 1 aliphatic rings. The fourth-order valence-electron chi connectivity index (χ4n) is 3.26. The van der Waals surface area contributed by atoms with Crippen LogP contribution in [0.4, 0.5) is 5.69 Å². The molecule has 0 aliphatic carbocycles. The number of halogens is 1. The molecule has 0 saturated carbocycles. The van der Waals surface area contributed by atoms with Gasteiger partial charge >= 0.3 is 0 Å². The van der Waals surface area contributed by atoms with Crippen LogP contribution in [0.25, 0.3) is 10.6 Å². The number of aromatic nitrogens is 1. The van der Waals surface area contributed by atoms with E-state index in [-0.39, 0.29) is 5.91 Å². The molecule has 1 aromatic heterocycles.